The van der Waals surface area contributed by atoms with Gasteiger partial charge in [-0.15, -0.1) is 0 Å². The minimum atomic E-state index is -4.42. The van der Waals surface area contributed by atoms with Gasteiger partial charge in [-0.1, -0.05) is 36.4 Å². The zero-order chi connectivity index (χ0) is 26.4. The first-order valence-corrected chi connectivity index (χ1v) is 13.6. The Kier molecular flexibility index (Phi) is 5.72. The normalized spacial score (nSPS) is 13.4. The van der Waals surface area contributed by atoms with Crippen LogP contribution in [0.4, 0.5) is 11.4 Å². The molecule has 0 spiro atoms. The van der Waals surface area contributed by atoms with E-state index in [-0.39, 0.29) is 21.8 Å². The molecule has 0 fully saturated rings. The molecule has 6 rings (SSSR count). The first-order chi connectivity index (χ1) is 18.3. The summed E-state index contributed by atoms with van der Waals surface area (Å²) in [5, 5.41) is 13.7. The SMILES string of the molecule is O=C(c1cccc([N+](=O)[O-])c1)N(c1ccc2oc3c(c2c1)CCCC3)S(=O)(=O)c1ccc2ccccc2c1. The Hall–Kier alpha value is -4.50. The number of sulfonamides is 1. The van der Waals surface area contributed by atoms with Crippen molar-refractivity contribution in [2.75, 3.05) is 4.31 Å². The number of fused-ring (bicyclic) bond motifs is 4. The molecule has 0 bridgehead atoms. The average molecular weight is 527 g/mol. The number of hydrogen-bond acceptors (Lipinski definition) is 6. The Bertz CT molecular complexity index is 1860. The summed E-state index contributed by atoms with van der Waals surface area (Å²) in [6.07, 6.45) is 3.64. The predicted molar refractivity (Wildman–Crippen MR) is 144 cm³/mol. The molecule has 0 unspecified atom stereocenters. The van der Waals surface area contributed by atoms with Crippen molar-refractivity contribution in [3.63, 3.8) is 0 Å². The number of nitrogens with zero attached hydrogens (tertiary/aromatic N) is 2. The average Bonchev–Trinajstić information content (AvgIpc) is 3.31. The maximum atomic E-state index is 14.1. The van der Waals surface area contributed by atoms with Crippen LogP contribution in [0.25, 0.3) is 21.7 Å². The third kappa shape index (κ3) is 4.01. The van der Waals surface area contributed by atoms with Crippen LogP contribution in [0.2, 0.25) is 0 Å². The lowest BCUT2D eigenvalue weighted by Gasteiger charge is -2.23. The fraction of sp³-hybridized carbons (Fsp3) is 0.138. The fourth-order valence-corrected chi connectivity index (χ4v) is 6.49. The zero-order valence-electron chi connectivity index (χ0n) is 20.2. The molecule has 1 amide bonds. The van der Waals surface area contributed by atoms with Gasteiger partial charge in [-0.2, -0.15) is 4.31 Å². The summed E-state index contributed by atoms with van der Waals surface area (Å²) < 4.78 is 35.0. The number of aryl methyl sites for hydroxylation is 2. The molecule has 5 aromatic rings. The van der Waals surface area contributed by atoms with Crippen molar-refractivity contribution in [1.29, 1.82) is 0 Å². The van der Waals surface area contributed by atoms with E-state index in [1.165, 1.54) is 36.4 Å². The minimum absolute atomic E-state index is 0.0655. The van der Waals surface area contributed by atoms with E-state index < -0.39 is 20.9 Å². The van der Waals surface area contributed by atoms with Gasteiger partial charge in [0.2, 0.25) is 0 Å². The number of hydrogen-bond donors (Lipinski definition) is 0. The van der Waals surface area contributed by atoms with E-state index in [9.17, 15) is 23.3 Å². The number of carbonyl (C=O) groups is 1. The Balaban J connectivity index is 1.54. The van der Waals surface area contributed by atoms with Crippen LogP contribution in [0.3, 0.4) is 0 Å². The van der Waals surface area contributed by atoms with E-state index in [0.717, 1.165) is 58.2 Å². The van der Waals surface area contributed by atoms with Crippen LogP contribution >= 0.6 is 0 Å². The van der Waals surface area contributed by atoms with Crippen LogP contribution in [-0.2, 0) is 22.9 Å². The smallest absolute Gasteiger partial charge is 0.272 e. The van der Waals surface area contributed by atoms with Gasteiger partial charge in [0.05, 0.1) is 15.5 Å². The van der Waals surface area contributed by atoms with Gasteiger partial charge < -0.3 is 4.42 Å². The van der Waals surface area contributed by atoms with Gasteiger partial charge in [0.25, 0.3) is 21.6 Å². The number of rotatable bonds is 5. The van der Waals surface area contributed by atoms with Gasteiger partial charge in [0.15, 0.2) is 0 Å². The van der Waals surface area contributed by atoms with Crippen LogP contribution in [0.15, 0.2) is 94.2 Å². The van der Waals surface area contributed by atoms with E-state index in [2.05, 4.69) is 0 Å². The molecule has 38 heavy (non-hydrogen) atoms. The van der Waals surface area contributed by atoms with Crippen molar-refractivity contribution in [1.82, 2.24) is 0 Å². The second-order valence-corrected chi connectivity index (χ2v) is 11.1. The number of benzene rings is 4. The van der Waals surface area contributed by atoms with Gasteiger partial charge in [-0.3, -0.25) is 14.9 Å². The summed E-state index contributed by atoms with van der Waals surface area (Å²) in [4.78, 5) is 24.5. The Labute approximate surface area is 218 Å². The molecule has 1 aliphatic rings. The van der Waals surface area contributed by atoms with Crippen molar-refractivity contribution < 1.29 is 22.6 Å². The van der Waals surface area contributed by atoms with Crippen molar-refractivity contribution in [3.05, 3.63) is 112 Å². The maximum absolute atomic E-state index is 14.1. The molecule has 1 heterocycles. The quantitative estimate of drug-likeness (QED) is 0.193. The van der Waals surface area contributed by atoms with Crippen LogP contribution in [0.1, 0.15) is 34.5 Å². The third-order valence-electron chi connectivity index (χ3n) is 6.92. The van der Waals surface area contributed by atoms with Crippen molar-refractivity contribution in [3.8, 4) is 0 Å². The lowest BCUT2D eigenvalue weighted by Crippen LogP contribution is -2.37. The first-order valence-electron chi connectivity index (χ1n) is 12.2. The summed E-state index contributed by atoms with van der Waals surface area (Å²) in [5.41, 5.74) is 1.37. The second-order valence-electron chi connectivity index (χ2n) is 9.28. The topological polar surface area (TPSA) is 111 Å². The highest BCUT2D eigenvalue weighted by Crippen LogP contribution is 2.36. The molecule has 0 saturated carbocycles. The molecule has 0 saturated heterocycles. The molecule has 1 aromatic heterocycles. The Morgan fingerprint density at radius 3 is 2.47 bits per heavy atom. The number of non-ortho nitro benzene ring substituents is 1. The van der Waals surface area contributed by atoms with Crippen LogP contribution in [-0.4, -0.2) is 19.2 Å². The highest BCUT2D eigenvalue weighted by atomic mass is 32.2. The molecule has 8 nitrogen and oxygen atoms in total. The summed E-state index contributed by atoms with van der Waals surface area (Å²) in [6.45, 7) is 0. The molecular weight excluding hydrogens is 504 g/mol. The van der Waals surface area contributed by atoms with E-state index >= 15 is 0 Å². The molecule has 9 heteroatoms. The molecule has 1 aliphatic carbocycles. The molecule has 0 radical (unpaired) electrons. The van der Waals surface area contributed by atoms with Crippen molar-refractivity contribution >= 4 is 49.0 Å². The van der Waals surface area contributed by atoms with Gasteiger partial charge in [0, 0.05) is 35.1 Å². The number of carbonyl (C=O) groups excluding carboxylic acids is 1. The molecule has 190 valence electrons. The highest BCUT2D eigenvalue weighted by molar-refractivity contribution is 7.93. The molecule has 4 aromatic carbocycles. The predicted octanol–water partition coefficient (Wildman–Crippen LogP) is 6.41. The van der Waals surface area contributed by atoms with Crippen LogP contribution in [0.5, 0.6) is 0 Å². The van der Waals surface area contributed by atoms with Crippen LogP contribution in [0, 0.1) is 10.1 Å². The van der Waals surface area contributed by atoms with Gasteiger partial charge >= 0.3 is 0 Å². The molecular formula is C29H22N2O6S. The standard InChI is InChI=1S/C29H22N2O6S/c32-29(21-8-5-9-23(16-21)31(33)34)30(38(35,36)24-14-12-19-6-1-2-7-20(19)17-24)22-13-15-28-26(18-22)25-10-3-4-11-27(25)37-28/h1-2,5-9,12-18H,3-4,10-11H2. The monoisotopic (exact) mass is 526 g/mol. The Morgan fingerprint density at radius 1 is 0.868 bits per heavy atom. The third-order valence-corrected chi connectivity index (χ3v) is 8.63. The summed E-state index contributed by atoms with van der Waals surface area (Å²) >= 11 is 0. The minimum Gasteiger partial charge on any atom is -0.461 e. The summed E-state index contributed by atoms with van der Waals surface area (Å²) in [7, 11) is -4.42. The van der Waals surface area contributed by atoms with Crippen LogP contribution < -0.4 is 4.31 Å². The Morgan fingerprint density at radius 2 is 1.66 bits per heavy atom. The zero-order valence-corrected chi connectivity index (χ0v) is 21.0. The summed E-state index contributed by atoms with van der Waals surface area (Å²) in [6, 6.07) is 21.9. The number of nitro groups is 1. The van der Waals surface area contributed by atoms with Crippen molar-refractivity contribution in [2.24, 2.45) is 0 Å². The maximum Gasteiger partial charge on any atom is 0.272 e. The largest absolute Gasteiger partial charge is 0.461 e. The lowest BCUT2D eigenvalue weighted by molar-refractivity contribution is -0.384. The number of anilines is 1. The number of furan rings is 1. The van der Waals surface area contributed by atoms with E-state index in [0.29, 0.717) is 11.0 Å². The highest BCUT2D eigenvalue weighted by Gasteiger charge is 2.33. The fourth-order valence-electron chi connectivity index (χ4n) is 5.05. The molecule has 0 N–H and O–H groups in total. The van der Waals surface area contributed by atoms with Gasteiger partial charge in [-0.25, -0.2) is 8.42 Å². The second kappa shape index (κ2) is 9.11. The first kappa shape index (κ1) is 23.9. The van der Waals surface area contributed by atoms with Gasteiger partial charge in [0.1, 0.15) is 11.3 Å². The summed E-state index contributed by atoms with van der Waals surface area (Å²) in [5.74, 6) is -0.00378. The number of nitro benzene ring substituents is 1. The van der Waals surface area contributed by atoms with E-state index in [4.69, 9.17) is 4.42 Å². The van der Waals surface area contributed by atoms with E-state index in [1.54, 1.807) is 30.3 Å². The molecule has 0 atom stereocenters. The van der Waals surface area contributed by atoms with Crippen molar-refractivity contribution in [2.45, 2.75) is 30.6 Å². The van der Waals surface area contributed by atoms with E-state index in [1.807, 2.05) is 12.1 Å². The molecule has 0 aliphatic heterocycles. The lowest BCUT2D eigenvalue weighted by atomic mass is 9.96. The number of amides is 1. The van der Waals surface area contributed by atoms with Gasteiger partial charge in [-0.05, 0) is 66.4 Å².